The van der Waals surface area contributed by atoms with Gasteiger partial charge in [-0.05, 0) is 12.1 Å². The molecule has 1 aliphatic heterocycles. The number of aryl methyl sites for hydroxylation is 1. The molecule has 1 saturated heterocycles. The second-order valence-electron chi connectivity index (χ2n) is 6.10. The number of rotatable bonds is 5. The molecule has 1 aliphatic rings. The van der Waals surface area contributed by atoms with E-state index in [9.17, 15) is 4.79 Å². The average Bonchev–Trinajstić information content (AvgIpc) is 3.34. The van der Waals surface area contributed by atoms with Gasteiger partial charge in [0, 0.05) is 39.3 Å². The number of hydrogen-bond acceptors (Lipinski definition) is 10. The van der Waals surface area contributed by atoms with Crippen molar-refractivity contribution in [3.63, 3.8) is 0 Å². The second kappa shape index (κ2) is 7.76. The average molecular weight is 386 g/mol. The Morgan fingerprint density at radius 1 is 1.30 bits per heavy atom. The predicted octanol–water partition coefficient (Wildman–Crippen LogP) is 1.20. The number of hydrogen-bond donors (Lipinski definition) is 1. The fraction of sp³-hybridized carbons (Fsp3) is 0.375. The first-order chi connectivity index (χ1) is 13.2. The van der Waals surface area contributed by atoms with Gasteiger partial charge in [-0.1, -0.05) is 16.5 Å². The van der Waals surface area contributed by atoms with Gasteiger partial charge in [0.1, 0.15) is 11.3 Å². The molecule has 0 atom stereocenters. The summed E-state index contributed by atoms with van der Waals surface area (Å²) in [7, 11) is 0. The number of carbonyl (C=O) groups is 1. The summed E-state index contributed by atoms with van der Waals surface area (Å²) in [5.41, 5.74) is 2.05. The maximum atomic E-state index is 12.2. The third-order valence-corrected chi connectivity index (χ3v) is 4.83. The van der Waals surface area contributed by atoms with E-state index < -0.39 is 0 Å². The predicted molar refractivity (Wildman–Crippen MR) is 98.6 cm³/mol. The van der Waals surface area contributed by atoms with Gasteiger partial charge in [0.05, 0.1) is 12.1 Å². The lowest BCUT2D eigenvalue weighted by Crippen LogP contribution is -2.46. The van der Waals surface area contributed by atoms with E-state index in [1.165, 1.54) is 11.3 Å². The smallest absolute Gasteiger partial charge is 0.259 e. The van der Waals surface area contributed by atoms with Gasteiger partial charge >= 0.3 is 0 Å². The van der Waals surface area contributed by atoms with Crippen LogP contribution >= 0.6 is 11.3 Å². The quantitative estimate of drug-likeness (QED) is 0.691. The van der Waals surface area contributed by atoms with Gasteiger partial charge < -0.3 is 9.42 Å². The highest BCUT2D eigenvalue weighted by Gasteiger charge is 2.20. The van der Waals surface area contributed by atoms with Crippen molar-refractivity contribution < 1.29 is 9.32 Å². The van der Waals surface area contributed by atoms with Gasteiger partial charge in [-0.25, -0.2) is 4.98 Å². The number of aromatic nitrogens is 5. The molecule has 1 fully saturated rings. The van der Waals surface area contributed by atoms with Crippen LogP contribution in [-0.2, 0) is 6.54 Å². The Bertz CT molecular complexity index is 888. The highest BCUT2D eigenvalue weighted by Crippen LogP contribution is 2.16. The minimum Gasteiger partial charge on any atom is -0.354 e. The molecule has 0 bridgehead atoms. The summed E-state index contributed by atoms with van der Waals surface area (Å²) in [5, 5.41) is 14.6. The molecule has 27 heavy (non-hydrogen) atoms. The van der Waals surface area contributed by atoms with E-state index in [4.69, 9.17) is 4.52 Å². The van der Waals surface area contributed by atoms with Crippen molar-refractivity contribution >= 4 is 28.2 Å². The maximum Gasteiger partial charge on any atom is 0.259 e. The first-order valence-corrected chi connectivity index (χ1v) is 9.35. The van der Waals surface area contributed by atoms with Crippen LogP contribution in [0.5, 0.6) is 0 Å². The summed E-state index contributed by atoms with van der Waals surface area (Å²) in [6.07, 6.45) is 1.58. The van der Waals surface area contributed by atoms with Crippen molar-refractivity contribution in [1.29, 1.82) is 0 Å². The molecule has 4 heterocycles. The molecule has 0 saturated carbocycles. The first kappa shape index (κ1) is 17.5. The summed E-state index contributed by atoms with van der Waals surface area (Å²) in [4.78, 5) is 25.3. The zero-order valence-corrected chi connectivity index (χ0v) is 15.5. The zero-order chi connectivity index (χ0) is 18.6. The van der Waals surface area contributed by atoms with Crippen LogP contribution in [0.3, 0.4) is 0 Å². The van der Waals surface area contributed by atoms with Crippen LogP contribution < -0.4 is 10.2 Å². The van der Waals surface area contributed by atoms with Crippen LogP contribution in [0.15, 0.2) is 28.4 Å². The molecule has 0 aliphatic carbocycles. The number of pyridine rings is 1. The van der Waals surface area contributed by atoms with E-state index in [0.717, 1.165) is 32.0 Å². The van der Waals surface area contributed by atoms with E-state index in [1.807, 2.05) is 6.07 Å². The largest absolute Gasteiger partial charge is 0.354 e. The number of piperazine rings is 1. The van der Waals surface area contributed by atoms with Gasteiger partial charge in [0.15, 0.2) is 5.82 Å². The molecule has 10 nitrogen and oxygen atoms in total. The van der Waals surface area contributed by atoms with Crippen LogP contribution in [0, 0.1) is 6.92 Å². The number of nitrogens with zero attached hydrogens (tertiary/aromatic N) is 7. The minimum atomic E-state index is -0.244. The summed E-state index contributed by atoms with van der Waals surface area (Å²) < 4.78 is 5.01. The number of amides is 1. The van der Waals surface area contributed by atoms with Crippen LogP contribution in [0.4, 0.5) is 10.9 Å². The Kier molecular flexibility index (Phi) is 5.03. The summed E-state index contributed by atoms with van der Waals surface area (Å²) in [5.74, 6) is 1.91. The molecule has 4 rings (SSSR count). The Morgan fingerprint density at radius 3 is 2.78 bits per heavy atom. The van der Waals surface area contributed by atoms with Crippen LogP contribution in [0.2, 0.25) is 0 Å². The highest BCUT2D eigenvalue weighted by atomic mass is 32.1. The lowest BCUT2D eigenvalue weighted by atomic mass is 10.2. The Hall–Kier alpha value is -2.92. The molecule has 3 aromatic rings. The Morgan fingerprint density at radius 2 is 2.15 bits per heavy atom. The van der Waals surface area contributed by atoms with Crippen LogP contribution in [-0.4, -0.2) is 62.3 Å². The number of nitrogens with one attached hydrogen (secondary N) is 1. The van der Waals surface area contributed by atoms with E-state index in [2.05, 4.69) is 40.4 Å². The molecule has 0 aromatic carbocycles. The molecule has 1 N–H and O–H groups in total. The molecule has 11 heteroatoms. The van der Waals surface area contributed by atoms with E-state index >= 15 is 0 Å². The molecule has 0 unspecified atom stereocenters. The molecule has 1 amide bonds. The molecular weight excluding hydrogens is 368 g/mol. The van der Waals surface area contributed by atoms with Crippen molar-refractivity contribution in [3.8, 4) is 0 Å². The highest BCUT2D eigenvalue weighted by molar-refractivity contribution is 7.13. The van der Waals surface area contributed by atoms with Gasteiger partial charge in [-0.3, -0.25) is 15.0 Å². The van der Waals surface area contributed by atoms with Crippen molar-refractivity contribution in [3.05, 3.63) is 41.1 Å². The Labute approximate surface area is 159 Å². The number of anilines is 2. The lowest BCUT2D eigenvalue weighted by Gasteiger charge is -2.34. The van der Waals surface area contributed by atoms with E-state index in [1.54, 1.807) is 24.7 Å². The number of carbonyl (C=O) groups excluding carboxylic acids is 1. The van der Waals surface area contributed by atoms with Gasteiger partial charge in [-0.2, -0.15) is 4.98 Å². The summed E-state index contributed by atoms with van der Waals surface area (Å²) in [6, 6.07) is 3.64. The summed E-state index contributed by atoms with van der Waals surface area (Å²) in [6.45, 7) is 5.94. The molecule has 0 radical (unpaired) electrons. The third-order valence-electron chi connectivity index (χ3n) is 4.22. The minimum absolute atomic E-state index is 0.244. The second-order valence-corrected chi connectivity index (χ2v) is 6.93. The normalized spacial score (nSPS) is 15.1. The Balaban J connectivity index is 1.31. The monoisotopic (exact) mass is 386 g/mol. The van der Waals surface area contributed by atoms with Gasteiger partial charge in [0.2, 0.25) is 11.0 Å². The summed E-state index contributed by atoms with van der Waals surface area (Å²) >= 11 is 1.27. The first-order valence-electron chi connectivity index (χ1n) is 8.47. The molecular formula is C16H18N8O2S. The van der Waals surface area contributed by atoms with Crippen molar-refractivity contribution in [2.24, 2.45) is 0 Å². The van der Waals surface area contributed by atoms with E-state index in [0.29, 0.717) is 29.0 Å². The standard InChI is InChI=1S/C16H18N8O2S/c1-11-19-13(22-26-11)9-23-4-6-24(7-5-23)14-3-2-12(8-17-14)15(25)20-16-21-18-10-27-16/h2-3,8,10H,4-7,9H2,1H3,(H,20,21,25). The lowest BCUT2D eigenvalue weighted by molar-refractivity contribution is 0.102. The van der Waals surface area contributed by atoms with Crippen LogP contribution in [0.25, 0.3) is 0 Å². The fourth-order valence-corrected chi connectivity index (χ4v) is 3.28. The van der Waals surface area contributed by atoms with Crippen LogP contribution in [0.1, 0.15) is 22.1 Å². The van der Waals surface area contributed by atoms with Gasteiger partial charge in [0.25, 0.3) is 5.91 Å². The third kappa shape index (κ3) is 4.26. The van der Waals surface area contributed by atoms with E-state index in [-0.39, 0.29) is 5.91 Å². The molecule has 0 spiro atoms. The molecule has 140 valence electrons. The van der Waals surface area contributed by atoms with Crippen molar-refractivity contribution in [1.82, 2.24) is 30.2 Å². The molecule has 3 aromatic heterocycles. The fourth-order valence-electron chi connectivity index (χ4n) is 2.84. The zero-order valence-electron chi connectivity index (χ0n) is 14.7. The SMILES string of the molecule is Cc1nc(CN2CCN(c3ccc(C(=O)Nc4nncs4)cn3)CC2)no1. The topological polar surface area (TPSA) is 113 Å². The maximum absolute atomic E-state index is 12.2. The van der Waals surface area contributed by atoms with Crippen molar-refractivity contribution in [2.45, 2.75) is 13.5 Å². The van der Waals surface area contributed by atoms with Gasteiger partial charge in [-0.15, -0.1) is 10.2 Å². The van der Waals surface area contributed by atoms with Crippen molar-refractivity contribution in [2.75, 3.05) is 36.4 Å².